The number of nitrogens with one attached hydrogen (secondary N) is 1. The van der Waals surface area contributed by atoms with Gasteiger partial charge in [0.15, 0.2) is 0 Å². The lowest BCUT2D eigenvalue weighted by atomic mass is 9.84. The molecule has 0 bridgehead atoms. The van der Waals surface area contributed by atoms with E-state index in [9.17, 15) is 9.59 Å². The van der Waals surface area contributed by atoms with E-state index in [1.54, 1.807) is 0 Å². The molecule has 1 N–H and O–H groups in total. The van der Waals surface area contributed by atoms with Gasteiger partial charge in [-0.05, 0) is 68.4 Å². The van der Waals surface area contributed by atoms with Crippen LogP contribution in [0.3, 0.4) is 0 Å². The molecule has 1 heterocycles. The first kappa shape index (κ1) is 18.7. The molecule has 0 spiro atoms. The Morgan fingerprint density at radius 3 is 2.54 bits per heavy atom. The molecule has 3 unspecified atom stereocenters. The van der Waals surface area contributed by atoms with Crippen LogP contribution < -0.4 is 5.32 Å². The van der Waals surface area contributed by atoms with Gasteiger partial charge in [0.2, 0.25) is 5.91 Å². The number of hydrogen-bond acceptors (Lipinski definition) is 2. The molecule has 1 aliphatic carbocycles. The van der Waals surface area contributed by atoms with Crippen molar-refractivity contribution in [1.29, 1.82) is 0 Å². The molecule has 2 amide bonds. The van der Waals surface area contributed by atoms with Crippen LogP contribution in [0.2, 0.25) is 0 Å². The highest BCUT2D eigenvalue weighted by molar-refractivity contribution is 6.02. The SMILES string of the molecule is Cc1ccc(C)c(NC(=O)C2CC3CCCCC3N2C(=O)c2ccccc2)c1. The summed E-state index contributed by atoms with van der Waals surface area (Å²) in [5.41, 5.74) is 3.65. The van der Waals surface area contributed by atoms with Gasteiger partial charge < -0.3 is 10.2 Å². The fraction of sp³-hybridized carbons (Fsp3) is 0.417. The van der Waals surface area contributed by atoms with Crippen molar-refractivity contribution in [3.63, 3.8) is 0 Å². The fourth-order valence-electron chi connectivity index (χ4n) is 4.80. The van der Waals surface area contributed by atoms with Gasteiger partial charge in [-0.15, -0.1) is 0 Å². The molecule has 0 aromatic heterocycles. The maximum atomic E-state index is 13.3. The first-order valence-corrected chi connectivity index (χ1v) is 10.3. The summed E-state index contributed by atoms with van der Waals surface area (Å²) in [6.07, 6.45) is 5.19. The average molecular weight is 377 g/mol. The number of nitrogens with zero attached hydrogens (tertiary/aromatic N) is 1. The Balaban J connectivity index is 1.62. The maximum Gasteiger partial charge on any atom is 0.254 e. The molecular weight excluding hydrogens is 348 g/mol. The molecule has 4 nitrogen and oxygen atoms in total. The Morgan fingerprint density at radius 1 is 1.00 bits per heavy atom. The third-order valence-corrected chi connectivity index (χ3v) is 6.30. The number of amides is 2. The van der Waals surface area contributed by atoms with E-state index >= 15 is 0 Å². The van der Waals surface area contributed by atoms with Crippen molar-refractivity contribution in [2.75, 3.05) is 5.32 Å². The van der Waals surface area contributed by atoms with E-state index in [0.29, 0.717) is 11.5 Å². The van der Waals surface area contributed by atoms with Crippen LogP contribution in [0.1, 0.15) is 53.6 Å². The van der Waals surface area contributed by atoms with Gasteiger partial charge in [0.05, 0.1) is 0 Å². The van der Waals surface area contributed by atoms with Gasteiger partial charge in [-0.1, -0.05) is 43.2 Å². The molecule has 2 fully saturated rings. The van der Waals surface area contributed by atoms with E-state index in [4.69, 9.17) is 0 Å². The fourth-order valence-corrected chi connectivity index (χ4v) is 4.80. The van der Waals surface area contributed by atoms with E-state index < -0.39 is 6.04 Å². The van der Waals surface area contributed by atoms with Crippen molar-refractivity contribution in [3.05, 3.63) is 65.2 Å². The number of carbonyl (C=O) groups excluding carboxylic acids is 2. The van der Waals surface area contributed by atoms with Crippen molar-refractivity contribution < 1.29 is 9.59 Å². The van der Waals surface area contributed by atoms with E-state index in [-0.39, 0.29) is 17.9 Å². The molecule has 4 rings (SSSR count). The topological polar surface area (TPSA) is 49.4 Å². The van der Waals surface area contributed by atoms with E-state index in [0.717, 1.165) is 42.5 Å². The van der Waals surface area contributed by atoms with E-state index in [1.165, 1.54) is 6.42 Å². The Hall–Kier alpha value is -2.62. The summed E-state index contributed by atoms with van der Waals surface area (Å²) in [5.74, 6) is 0.347. The molecule has 2 aliphatic rings. The zero-order valence-electron chi connectivity index (χ0n) is 16.7. The van der Waals surface area contributed by atoms with Gasteiger partial charge in [0.25, 0.3) is 5.91 Å². The molecule has 146 valence electrons. The number of rotatable bonds is 3. The smallest absolute Gasteiger partial charge is 0.254 e. The Labute approximate surface area is 166 Å². The lowest BCUT2D eigenvalue weighted by Crippen LogP contribution is -2.47. The predicted molar refractivity (Wildman–Crippen MR) is 111 cm³/mol. The number of likely N-dealkylation sites (tertiary alicyclic amines) is 1. The molecule has 3 atom stereocenters. The molecular formula is C24H28N2O2. The lowest BCUT2D eigenvalue weighted by Gasteiger charge is -2.33. The number of carbonyl (C=O) groups is 2. The largest absolute Gasteiger partial charge is 0.324 e. The van der Waals surface area contributed by atoms with Crippen molar-refractivity contribution >= 4 is 17.5 Å². The van der Waals surface area contributed by atoms with Gasteiger partial charge in [0.1, 0.15) is 6.04 Å². The second kappa shape index (κ2) is 7.78. The number of aryl methyl sites for hydroxylation is 2. The molecule has 1 aliphatic heterocycles. The normalized spacial score (nSPS) is 23.9. The van der Waals surface area contributed by atoms with Gasteiger partial charge in [-0.2, -0.15) is 0 Å². The number of anilines is 1. The highest BCUT2D eigenvalue weighted by Gasteiger charge is 2.47. The number of fused-ring (bicyclic) bond motifs is 1. The van der Waals surface area contributed by atoms with E-state index in [2.05, 4.69) is 5.32 Å². The van der Waals surface area contributed by atoms with Crippen LogP contribution in [0.15, 0.2) is 48.5 Å². The zero-order chi connectivity index (χ0) is 19.7. The molecule has 1 saturated heterocycles. The van der Waals surface area contributed by atoms with Gasteiger partial charge in [-0.25, -0.2) is 0 Å². The molecule has 2 aromatic rings. The van der Waals surface area contributed by atoms with Crippen molar-refractivity contribution in [2.24, 2.45) is 5.92 Å². The van der Waals surface area contributed by atoms with Crippen LogP contribution >= 0.6 is 0 Å². The first-order valence-electron chi connectivity index (χ1n) is 10.3. The Bertz CT molecular complexity index is 877. The predicted octanol–water partition coefficient (Wildman–Crippen LogP) is 4.72. The maximum absolute atomic E-state index is 13.3. The van der Waals surface area contributed by atoms with Gasteiger partial charge in [0, 0.05) is 17.3 Å². The Morgan fingerprint density at radius 2 is 1.75 bits per heavy atom. The van der Waals surface area contributed by atoms with Crippen LogP contribution in [-0.2, 0) is 4.79 Å². The summed E-state index contributed by atoms with van der Waals surface area (Å²) in [6.45, 7) is 4.01. The molecule has 2 aromatic carbocycles. The lowest BCUT2D eigenvalue weighted by molar-refractivity contribution is -0.120. The standard InChI is InChI=1S/C24H28N2O2/c1-16-12-13-17(2)20(14-16)25-23(27)22-15-19-10-6-7-11-21(19)26(22)24(28)18-8-4-3-5-9-18/h3-5,8-9,12-14,19,21-22H,6-7,10-11,15H2,1-2H3,(H,25,27). The molecule has 0 radical (unpaired) electrons. The van der Waals surface area contributed by atoms with Crippen LogP contribution in [0, 0.1) is 19.8 Å². The molecule has 1 saturated carbocycles. The quantitative estimate of drug-likeness (QED) is 0.843. The summed E-state index contributed by atoms with van der Waals surface area (Å²) in [6, 6.07) is 15.2. The third-order valence-electron chi connectivity index (χ3n) is 6.30. The summed E-state index contributed by atoms with van der Waals surface area (Å²) in [5, 5.41) is 3.11. The minimum atomic E-state index is -0.402. The van der Waals surface area contributed by atoms with Gasteiger partial charge in [-0.3, -0.25) is 9.59 Å². The minimum Gasteiger partial charge on any atom is -0.324 e. The number of hydrogen-bond donors (Lipinski definition) is 1. The summed E-state index contributed by atoms with van der Waals surface area (Å²) >= 11 is 0. The zero-order valence-corrected chi connectivity index (χ0v) is 16.7. The highest BCUT2D eigenvalue weighted by atomic mass is 16.2. The van der Waals surface area contributed by atoms with Crippen LogP contribution in [0.5, 0.6) is 0 Å². The second-order valence-corrected chi connectivity index (χ2v) is 8.25. The molecule has 4 heteroatoms. The van der Waals surface area contributed by atoms with Crippen LogP contribution in [-0.4, -0.2) is 28.8 Å². The first-order chi connectivity index (χ1) is 13.5. The van der Waals surface area contributed by atoms with Gasteiger partial charge >= 0.3 is 0 Å². The number of benzene rings is 2. The van der Waals surface area contributed by atoms with Crippen molar-refractivity contribution in [3.8, 4) is 0 Å². The average Bonchev–Trinajstić information content (AvgIpc) is 3.10. The molecule has 28 heavy (non-hydrogen) atoms. The minimum absolute atomic E-state index is 0.0175. The van der Waals surface area contributed by atoms with Crippen LogP contribution in [0.4, 0.5) is 5.69 Å². The van der Waals surface area contributed by atoms with Crippen molar-refractivity contribution in [2.45, 2.75) is 58.0 Å². The third kappa shape index (κ3) is 3.56. The summed E-state index contributed by atoms with van der Waals surface area (Å²) in [7, 11) is 0. The Kier molecular flexibility index (Phi) is 5.21. The van der Waals surface area contributed by atoms with Crippen LogP contribution in [0.25, 0.3) is 0 Å². The monoisotopic (exact) mass is 376 g/mol. The van der Waals surface area contributed by atoms with E-state index in [1.807, 2.05) is 67.3 Å². The summed E-state index contributed by atoms with van der Waals surface area (Å²) in [4.78, 5) is 28.5. The highest BCUT2D eigenvalue weighted by Crippen LogP contribution is 2.41. The second-order valence-electron chi connectivity index (χ2n) is 8.25. The summed E-state index contributed by atoms with van der Waals surface area (Å²) < 4.78 is 0. The van der Waals surface area contributed by atoms with Crippen molar-refractivity contribution in [1.82, 2.24) is 4.90 Å².